The summed E-state index contributed by atoms with van der Waals surface area (Å²) in [4.78, 5) is 14.5. The second kappa shape index (κ2) is 8.54. The Bertz CT molecular complexity index is 453. The van der Waals surface area contributed by atoms with E-state index in [0.29, 0.717) is 12.2 Å². The maximum Gasteiger partial charge on any atom is 0.338 e. The number of halogens is 1. The summed E-state index contributed by atoms with van der Waals surface area (Å²) in [6, 6.07) is 9.20. The number of hydrogen-bond donors (Lipinski definition) is 0. The summed E-state index contributed by atoms with van der Waals surface area (Å²) in [5.74, 6) is 0.621. The number of hydrogen-bond acceptors (Lipinski definition) is 3. The smallest absolute Gasteiger partial charge is 0.338 e. The van der Waals surface area contributed by atoms with E-state index in [1.165, 1.54) is 12.8 Å². The van der Waals surface area contributed by atoms with Crippen molar-refractivity contribution in [3.8, 4) is 0 Å². The molecule has 124 valence electrons. The molecule has 3 nitrogen and oxygen atoms in total. The van der Waals surface area contributed by atoms with Gasteiger partial charge in [-0.2, -0.15) is 0 Å². The van der Waals surface area contributed by atoms with Crippen LogP contribution >= 0.6 is 12.4 Å². The minimum Gasteiger partial charge on any atom is -0.461 e. The van der Waals surface area contributed by atoms with Gasteiger partial charge in [-0.3, -0.25) is 0 Å². The fourth-order valence-electron chi connectivity index (χ4n) is 2.79. The number of nitrogens with zero attached hydrogens (tertiary/aromatic N) is 1. The van der Waals surface area contributed by atoms with Crippen molar-refractivity contribution in [2.75, 3.05) is 26.2 Å². The second-order valence-electron chi connectivity index (χ2n) is 7.07. The molecule has 1 fully saturated rings. The van der Waals surface area contributed by atoms with Crippen LogP contribution in [0.3, 0.4) is 0 Å². The van der Waals surface area contributed by atoms with Crippen LogP contribution < -0.4 is 0 Å². The number of benzene rings is 1. The van der Waals surface area contributed by atoms with Gasteiger partial charge in [-0.1, -0.05) is 39.0 Å². The van der Waals surface area contributed by atoms with Crippen LogP contribution in [0.15, 0.2) is 30.3 Å². The van der Waals surface area contributed by atoms with Gasteiger partial charge in [0.05, 0.1) is 12.2 Å². The van der Waals surface area contributed by atoms with Crippen LogP contribution in [0.2, 0.25) is 0 Å². The minimum absolute atomic E-state index is 0. The molecule has 0 saturated carbocycles. The van der Waals surface area contributed by atoms with Crippen molar-refractivity contribution < 1.29 is 9.53 Å². The Hall–Kier alpha value is -1.06. The molecule has 1 aromatic carbocycles. The van der Waals surface area contributed by atoms with Gasteiger partial charge in [0, 0.05) is 12.0 Å². The molecule has 0 radical (unpaired) electrons. The Kier molecular flexibility index (Phi) is 7.37. The third-order valence-electron chi connectivity index (χ3n) is 4.13. The number of esters is 1. The highest BCUT2D eigenvalue weighted by molar-refractivity contribution is 5.89. The highest BCUT2D eigenvalue weighted by Crippen LogP contribution is 2.23. The van der Waals surface area contributed by atoms with E-state index >= 15 is 0 Å². The van der Waals surface area contributed by atoms with E-state index in [0.717, 1.165) is 25.6 Å². The molecular formula is C18H28ClNO2. The summed E-state index contributed by atoms with van der Waals surface area (Å²) in [5.41, 5.74) is 0.616. The van der Waals surface area contributed by atoms with Crippen molar-refractivity contribution >= 4 is 18.4 Å². The van der Waals surface area contributed by atoms with Gasteiger partial charge >= 0.3 is 5.97 Å². The van der Waals surface area contributed by atoms with Crippen LogP contribution in [0.5, 0.6) is 0 Å². The number of carbonyl (C=O) groups excluding carboxylic acids is 1. The molecule has 0 aromatic heterocycles. The normalized spacial score (nSPS) is 16.9. The van der Waals surface area contributed by atoms with Gasteiger partial charge in [-0.05, 0) is 44.0 Å². The maximum absolute atomic E-state index is 12.0. The van der Waals surface area contributed by atoms with Crippen molar-refractivity contribution in [2.24, 2.45) is 11.3 Å². The average molecular weight is 326 g/mol. The zero-order valence-electron chi connectivity index (χ0n) is 13.9. The Morgan fingerprint density at radius 1 is 1.23 bits per heavy atom. The van der Waals surface area contributed by atoms with E-state index in [1.807, 2.05) is 18.2 Å². The molecule has 2 rings (SSSR count). The number of ether oxygens (including phenoxy) is 1. The number of likely N-dealkylation sites (tertiary alicyclic amines) is 1. The summed E-state index contributed by atoms with van der Waals surface area (Å²) in [5, 5.41) is 0. The van der Waals surface area contributed by atoms with Crippen LogP contribution in [-0.4, -0.2) is 37.1 Å². The van der Waals surface area contributed by atoms with Gasteiger partial charge in [-0.15, -0.1) is 12.4 Å². The molecule has 0 bridgehead atoms. The molecule has 0 N–H and O–H groups in total. The van der Waals surface area contributed by atoms with Gasteiger partial charge in [0.25, 0.3) is 0 Å². The molecule has 0 unspecified atom stereocenters. The van der Waals surface area contributed by atoms with Gasteiger partial charge < -0.3 is 9.64 Å². The van der Waals surface area contributed by atoms with Crippen molar-refractivity contribution in [3.63, 3.8) is 0 Å². The first-order valence-electron chi connectivity index (χ1n) is 7.91. The largest absolute Gasteiger partial charge is 0.461 e. The average Bonchev–Trinajstić information content (AvgIpc) is 2.48. The van der Waals surface area contributed by atoms with Crippen molar-refractivity contribution in [3.05, 3.63) is 35.9 Å². The minimum atomic E-state index is -0.226. The molecule has 0 amide bonds. The first-order valence-corrected chi connectivity index (χ1v) is 7.91. The molecule has 4 heteroatoms. The van der Waals surface area contributed by atoms with E-state index in [4.69, 9.17) is 4.74 Å². The van der Waals surface area contributed by atoms with Crippen molar-refractivity contribution in [1.29, 1.82) is 0 Å². The SMILES string of the molecule is CC1CCN(CC(C)(C)COC(=O)c2ccccc2)CC1.Cl. The predicted molar refractivity (Wildman–Crippen MR) is 92.6 cm³/mol. The quantitative estimate of drug-likeness (QED) is 0.766. The number of rotatable bonds is 5. The monoisotopic (exact) mass is 325 g/mol. The summed E-state index contributed by atoms with van der Waals surface area (Å²) in [7, 11) is 0. The highest BCUT2D eigenvalue weighted by atomic mass is 35.5. The van der Waals surface area contributed by atoms with Crippen LogP contribution in [0.1, 0.15) is 44.0 Å². The lowest BCUT2D eigenvalue weighted by Gasteiger charge is -2.36. The van der Waals surface area contributed by atoms with E-state index in [-0.39, 0.29) is 23.8 Å². The first kappa shape index (κ1) is 19.0. The van der Waals surface area contributed by atoms with Crippen molar-refractivity contribution in [2.45, 2.75) is 33.6 Å². The van der Waals surface area contributed by atoms with Crippen molar-refractivity contribution in [1.82, 2.24) is 4.90 Å². The van der Waals surface area contributed by atoms with Crippen LogP contribution in [0.4, 0.5) is 0 Å². The second-order valence-corrected chi connectivity index (χ2v) is 7.07. The molecule has 1 heterocycles. The van der Waals surface area contributed by atoms with E-state index in [2.05, 4.69) is 25.7 Å². The Balaban J connectivity index is 0.00000242. The van der Waals surface area contributed by atoms with Gasteiger partial charge in [-0.25, -0.2) is 4.79 Å². The van der Waals surface area contributed by atoms with Gasteiger partial charge in [0.15, 0.2) is 0 Å². The van der Waals surface area contributed by atoms with Crippen LogP contribution in [0.25, 0.3) is 0 Å². The zero-order valence-corrected chi connectivity index (χ0v) is 14.7. The lowest BCUT2D eigenvalue weighted by atomic mass is 9.91. The molecule has 0 aliphatic carbocycles. The Labute approximate surface area is 140 Å². The van der Waals surface area contributed by atoms with E-state index in [1.54, 1.807) is 12.1 Å². The topological polar surface area (TPSA) is 29.5 Å². The van der Waals surface area contributed by atoms with Gasteiger partial charge in [0.1, 0.15) is 0 Å². The maximum atomic E-state index is 12.0. The summed E-state index contributed by atoms with van der Waals surface area (Å²) in [6.45, 7) is 10.4. The Morgan fingerprint density at radius 3 is 2.41 bits per heavy atom. The fraction of sp³-hybridized carbons (Fsp3) is 0.611. The standard InChI is InChI=1S/C18H27NO2.ClH/c1-15-9-11-19(12-10-15)13-18(2,3)14-21-17(20)16-7-5-4-6-8-16;/h4-8,15H,9-14H2,1-3H3;1H. The third kappa shape index (κ3) is 5.98. The molecule has 0 atom stereocenters. The highest BCUT2D eigenvalue weighted by Gasteiger charge is 2.26. The van der Waals surface area contributed by atoms with Crippen LogP contribution in [0, 0.1) is 11.3 Å². The number of carbonyl (C=O) groups is 1. The number of piperidine rings is 1. The third-order valence-corrected chi connectivity index (χ3v) is 4.13. The molecule has 1 aliphatic heterocycles. The molecule has 0 spiro atoms. The van der Waals surface area contributed by atoms with E-state index in [9.17, 15) is 4.79 Å². The van der Waals surface area contributed by atoms with Crippen LogP contribution in [-0.2, 0) is 4.74 Å². The molecule has 1 saturated heterocycles. The lowest BCUT2D eigenvalue weighted by Crippen LogP contribution is -2.41. The summed E-state index contributed by atoms with van der Waals surface area (Å²) < 4.78 is 5.49. The van der Waals surface area contributed by atoms with Gasteiger partial charge in [0.2, 0.25) is 0 Å². The molecule has 22 heavy (non-hydrogen) atoms. The van der Waals surface area contributed by atoms with E-state index < -0.39 is 0 Å². The lowest BCUT2D eigenvalue weighted by molar-refractivity contribution is 0.0238. The zero-order chi connectivity index (χ0) is 15.3. The predicted octanol–water partition coefficient (Wildman–Crippen LogP) is 4.02. The molecule has 1 aliphatic rings. The summed E-state index contributed by atoms with van der Waals surface area (Å²) >= 11 is 0. The molecule has 1 aromatic rings. The first-order chi connectivity index (χ1) is 9.96. The molecular weight excluding hydrogens is 298 g/mol. The Morgan fingerprint density at radius 2 is 1.82 bits per heavy atom. The summed E-state index contributed by atoms with van der Waals surface area (Å²) in [6.07, 6.45) is 2.56. The fourth-order valence-corrected chi connectivity index (χ4v) is 2.79.